The molecule has 0 amide bonds. The number of hydrogen-bond donors (Lipinski definition) is 0. The Morgan fingerprint density at radius 3 is 1.59 bits per heavy atom. The zero-order valence-electron chi connectivity index (χ0n) is 20.1. The van der Waals surface area contributed by atoms with E-state index in [-0.39, 0.29) is 22.8 Å². The highest BCUT2D eigenvalue weighted by Crippen LogP contribution is 2.59. The van der Waals surface area contributed by atoms with Crippen LogP contribution in [0.1, 0.15) is 11.1 Å². The third-order valence-electron chi connectivity index (χ3n) is 6.36. The van der Waals surface area contributed by atoms with Gasteiger partial charge in [0.05, 0.1) is 0 Å². The van der Waals surface area contributed by atoms with Gasteiger partial charge in [0.1, 0.15) is 47.5 Å². The third kappa shape index (κ3) is 5.96. The van der Waals surface area contributed by atoms with Gasteiger partial charge in [-0.2, -0.15) is 0 Å². The van der Waals surface area contributed by atoms with Gasteiger partial charge in [-0.1, -0.05) is 84.4 Å². The summed E-state index contributed by atoms with van der Waals surface area (Å²) in [5.41, 5.74) is 1.73. The van der Waals surface area contributed by atoms with E-state index in [1.807, 2.05) is 42.5 Å². The molecule has 1 nitrogen and oxygen atoms in total. The van der Waals surface area contributed by atoms with Crippen molar-refractivity contribution in [3.8, 4) is 5.75 Å². The molecule has 0 unspecified atom stereocenters. The highest BCUT2D eigenvalue weighted by Gasteiger charge is 2.46. The van der Waals surface area contributed by atoms with Crippen LogP contribution in [0.4, 0.5) is 4.39 Å². The van der Waals surface area contributed by atoms with Crippen LogP contribution in [-0.4, -0.2) is 0 Å². The first kappa shape index (κ1) is 27.1. The molecule has 186 valence electrons. The minimum Gasteiger partial charge on any atom is -1.00 e. The van der Waals surface area contributed by atoms with Gasteiger partial charge in [0, 0.05) is 16.1 Å². The average molecular weight is 592 g/mol. The number of benzene rings is 5. The zero-order chi connectivity index (χ0) is 24.8. The van der Waals surface area contributed by atoms with Crippen LogP contribution in [0.15, 0.2) is 133 Å². The summed E-state index contributed by atoms with van der Waals surface area (Å²) in [5, 5.41) is 4.37. The fourth-order valence-corrected chi connectivity index (χ4v) is 9.04. The first-order valence-corrected chi connectivity index (χ1v) is 14.2. The molecule has 0 saturated carbocycles. The van der Waals surface area contributed by atoms with Crippen molar-refractivity contribution in [3.63, 3.8) is 0 Å². The molecular weight excluding hydrogens is 566 g/mol. The number of hydrogen-bond acceptors (Lipinski definition) is 1. The molecule has 0 spiro atoms. The zero-order valence-corrected chi connectivity index (χ0v) is 23.3. The average Bonchev–Trinajstić information content (AvgIpc) is 2.93. The first-order valence-electron chi connectivity index (χ1n) is 11.9. The Hall–Kier alpha value is -2.97. The maximum Gasteiger partial charge on any atom is 0.126 e. The largest absolute Gasteiger partial charge is 1.00 e. The lowest BCUT2D eigenvalue weighted by Crippen LogP contribution is -3.00. The van der Waals surface area contributed by atoms with Gasteiger partial charge in [-0.3, -0.25) is 0 Å². The van der Waals surface area contributed by atoms with Gasteiger partial charge in [-0.15, -0.1) is 0 Å². The van der Waals surface area contributed by atoms with E-state index in [9.17, 15) is 4.39 Å². The van der Waals surface area contributed by atoms with Gasteiger partial charge in [0.2, 0.25) is 0 Å². The lowest BCUT2D eigenvalue weighted by atomic mass is 10.2. The van der Waals surface area contributed by atoms with Gasteiger partial charge >= 0.3 is 0 Å². The van der Waals surface area contributed by atoms with Crippen LogP contribution in [0.3, 0.4) is 0 Å². The molecule has 5 aromatic rings. The molecule has 37 heavy (non-hydrogen) atoms. The van der Waals surface area contributed by atoms with Crippen LogP contribution in [0, 0.1) is 5.82 Å². The number of halogens is 3. The summed E-state index contributed by atoms with van der Waals surface area (Å²) >= 11 is 6.37. The Bertz CT molecular complexity index is 1330. The van der Waals surface area contributed by atoms with Crippen molar-refractivity contribution in [1.29, 1.82) is 0 Å². The van der Waals surface area contributed by atoms with Crippen LogP contribution in [0.25, 0.3) is 0 Å². The van der Waals surface area contributed by atoms with Gasteiger partial charge in [0.25, 0.3) is 0 Å². The summed E-state index contributed by atoms with van der Waals surface area (Å²) in [6.45, 7) is 0.311. The van der Waals surface area contributed by atoms with E-state index in [1.165, 1.54) is 22.0 Å². The fraction of sp³-hybridized carbons (Fsp3) is 0.0625. The van der Waals surface area contributed by atoms with Gasteiger partial charge in [-0.25, -0.2) is 4.39 Å². The normalized spacial score (nSPS) is 11.0. The Kier molecular flexibility index (Phi) is 9.16. The van der Waals surface area contributed by atoms with E-state index in [2.05, 4.69) is 72.8 Å². The second-order valence-electron chi connectivity index (χ2n) is 8.61. The van der Waals surface area contributed by atoms with Crippen LogP contribution in [-0.2, 0) is 12.8 Å². The predicted octanol–water partition coefficient (Wildman–Crippen LogP) is 4.56. The van der Waals surface area contributed by atoms with Gasteiger partial charge in [0.15, 0.2) is 0 Å². The molecule has 0 radical (unpaired) electrons. The lowest BCUT2D eigenvalue weighted by Gasteiger charge is -2.28. The highest BCUT2D eigenvalue weighted by molar-refractivity contribution is 7.95. The van der Waals surface area contributed by atoms with E-state index in [1.54, 1.807) is 12.1 Å². The van der Waals surface area contributed by atoms with Crippen molar-refractivity contribution in [2.75, 3.05) is 0 Å². The molecule has 0 heterocycles. The second kappa shape index (κ2) is 12.5. The van der Waals surface area contributed by atoms with E-state index in [0.717, 1.165) is 11.1 Å². The summed E-state index contributed by atoms with van der Waals surface area (Å²) < 4.78 is 21.0. The maximum atomic E-state index is 14.7. The quantitative estimate of drug-likeness (QED) is 0.241. The van der Waals surface area contributed by atoms with Gasteiger partial charge in [-0.05, 0) is 60.7 Å². The Morgan fingerprint density at radius 2 is 1.08 bits per heavy atom. The van der Waals surface area contributed by atoms with Gasteiger partial charge < -0.3 is 21.7 Å². The highest BCUT2D eigenvalue weighted by atomic mass is 79.9. The van der Waals surface area contributed by atoms with Crippen LogP contribution >= 0.6 is 18.9 Å². The molecular formula is C32H26BrClFOP. The molecule has 0 saturated heterocycles. The SMILES string of the molecule is Fc1ccc(OCc2ccccc2Cl)c(C[P+](c2ccccc2)(c2ccccc2)c2ccccc2)c1.[Br-]. The van der Waals surface area contributed by atoms with Crippen LogP contribution in [0.2, 0.25) is 5.02 Å². The van der Waals surface area contributed by atoms with E-state index >= 15 is 0 Å². The van der Waals surface area contributed by atoms with E-state index in [0.29, 0.717) is 23.5 Å². The Balaban J connectivity index is 0.00000320. The standard InChI is InChI=1S/C32H26ClFOP.BrH/c33-31-19-11-10-12-25(31)23-35-32-21-20-27(34)22-26(32)24-36(28-13-4-1-5-14-28,29-15-6-2-7-16-29)30-17-8-3-9-18-30;/h1-22H,23-24H2;1H/q+1;/p-1. The summed E-state index contributed by atoms with van der Waals surface area (Å²) in [4.78, 5) is 0. The van der Waals surface area contributed by atoms with E-state index in [4.69, 9.17) is 16.3 Å². The number of ether oxygens (including phenoxy) is 1. The molecule has 5 heteroatoms. The molecule has 0 aliphatic rings. The van der Waals surface area contributed by atoms with Crippen molar-refractivity contribution >= 4 is 34.8 Å². The summed E-state index contributed by atoms with van der Waals surface area (Å²) in [7, 11) is -2.20. The van der Waals surface area contributed by atoms with Crippen molar-refractivity contribution in [3.05, 3.63) is 155 Å². The molecule has 0 fully saturated rings. The molecule has 0 bridgehead atoms. The molecule has 0 aromatic heterocycles. The van der Waals surface area contributed by atoms with Crippen molar-refractivity contribution in [2.45, 2.75) is 12.8 Å². The molecule has 0 atom stereocenters. The van der Waals surface area contributed by atoms with E-state index < -0.39 is 7.26 Å². The molecule has 0 N–H and O–H groups in total. The maximum absolute atomic E-state index is 14.7. The Morgan fingerprint density at radius 1 is 0.595 bits per heavy atom. The lowest BCUT2D eigenvalue weighted by molar-refractivity contribution is -0.00000784. The van der Waals surface area contributed by atoms with Crippen molar-refractivity contribution < 1.29 is 26.1 Å². The van der Waals surface area contributed by atoms with Crippen LogP contribution < -0.4 is 37.6 Å². The topological polar surface area (TPSA) is 9.23 Å². The van der Waals surface area contributed by atoms with Crippen molar-refractivity contribution in [2.24, 2.45) is 0 Å². The second-order valence-corrected chi connectivity index (χ2v) is 12.5. The predicted molar refractivity (Wildman–Crippen MR) is 151 cm³/mol. The minimum atomic E-state index is -2.20. The monoisotopic (exact) mass is 590 g/mol. The summed E-state index contributed by atoms with van der Waals surface area (Å²) in [6.07, 6.45) is 0.626. The fourth-order valence-electron chi connectivity index (χ4n) is 4.61. The smallest absolute Gasteiger partial charge is 0.126 e. The third-order valence-corrected chi connectivity index (χ3v) is 11.1. The molecule has 0 aliphatic heterocycles. The summed E-state index contributed by atoms with van der Waals surface area (Å²) in [5.74, 6) is 0.394. The number of rotatable bonds is 8. The molecule has 5 rings (SSSR count). The van der Waals surface area contributed by atoms with Crippen molar-refractivity contribution in [1.82, 2.24) is 0 Å². The first-order chi connectivity index (χ1) is 17.7. The molecule has 0 aliphatic carbocycles. The molecule has 5 aromatic carbocycles. The minimum absolute atomic E-state index is 0. The Labute approximate surface area is 234 Å². The van der Waals surface area contributed by atoms with Crippen LogP contribution in [0.5, 0.6) is 5.75 Å². The summed E-state index contributed by atoms with van der Waals surface area (Å²) in [6, 6.07) is 44.2.